The van der Waals surface area contributed by atoms with Gasteiger partial charge in [-0.15, -0.1) is 0 Å². The van der Waals surface area contributed by atoms with Gasteiger partial charge in [0.25, 0.3) is 0 Å². The number of ether oxygens (including phenoxy) is 1. The molecule has 3 atom stereocenters. The van der Waals surface area contributed by atoms with Crippen LogP contribution in [-0.2, 0) is 9.53 Å². The number of Topliss-reactive ketones (excluding diaryl/α,β-unsaturated/α-hetero) is 1. The summed E-state index contributed by atoms with van der Waals surface area (Å²) in [6.07, 6.45) is 5.21. The Morgan fingerprint density at radius 2 is 2.27 bits per heavy atom. The summed E-state index contributed by atoms with van der Waals surface area (Å²) in [5, 5.41) is 0. The number of nitrogens with two attached hydrogens (primary N) is 1. The Labute approximate surface area is 88.5 Å². The Morgan fingerprint density at radius 1 is 1.53 bits per heavy atom. The molecule has 1 amide bonds. The van der Waals surface area contributed by atoms with Crippen molar-refractivity contribution in [2.24, 2.45) is 23.0 Å². The van der Waals surface area contributed by atoms with Crippen LogP contribution >= 0.6 is 0 Å². The molecule has 1 fully saturated rings. The van der Waals surface area contributed by atoms with Crippen LogP contribution in [0.3, 0.4) is 0 Å². The fourth-order valence-corrected chi connectivity index (χ4v) is 2.83. The highest BCUT2D eigenvalue weighted by Crippen LogP contribution is 2.52. The highest BCUT2D eigenvalue weighted by atomic mass is 16.5. The van der Waals surface area contributed by atoms with E-state index in [1.54, 1.807) is 6.92 Å². The molecule has 4 nitrogen and oxygen atoms in total. The van der Waals surface area contributed by atoms with E-state index in [9.17, 15) is 9.59 Å². The summed E-state index contributed by atoms with van der Waals surface area (Å²) in [6, 6.07) is 0. The first-order valence-electron chi connectivity index (χ1n) is 5.16. The minimum absolute atomic E-state index is 0.0978. The molecular formula is C11H15NO3. The average molecular weight is 209 g/mol. The summed E-state index contributed by atoms with van der Waals surface area (Å²) in [5.74, 6) is 0.787. The largest absolute Gasteiger partial charge is 0.449 e. The van der Waals surface area contributed by atoms with Gasteiger partial charge < -0.3 is 10.5 Å². The fraction of sp³-hybridized carbons (Fsp3) is 0.636. The summed E-state index contributed by atoms with van der Waals surface area (Å²) in [7, 11) is 0. The lowest BCUT2D eigenvalue weighted by Crippen LogP contribution is -2.39. The van der Waals surface area contributed by atoms with Gasteiger partial charge in [-0.25, -0.2) is 4.79 Å². The molecule has 15 heavy (non-hydrogen) atoms. The van der Waals surface area contributed by atoms with Gasteiger partial charge >= 0.3 is 6.09 Å². The Kier molecular flexibility index (Phi) is 2.29. The fourth-order valence-electron chi connectivity index (χ4n) is 2.83. The molecule has 0 radical (unpaired) electrons. The number of hydrogen-bond acceptors (Lipinski definition) is 3. The lowest BCUT2D eigenvalue weighted by atomic mass is 9.73. The van der Waals surface area contributed by atoms with Gasteiger partial charge in [0.15, 0.2) is 0 Å². The molecule has 2 aliphatic rings. The second kappa shape index (κ2) is 3.36. The predicted octanol–water partition coefficient (Wildman–Crippen LogP) is 1.25. The molecule has 1 saturated carbocycles. The van der Waals surface area contributed by atoms with Crippen molar-refractivity contribution in [1.82, 2.24) is 0 Å². The van der Waals surface area contributed by atoms with Crippen molar-refractivity contribution >= 4 is 11.9 Å². The molecular weight excluding hydrogens is 194 g/mol. The van der Waals surface area contributed by atoms with Gasteiger partial charge in [0.1, 0.15) is 12.4 Å². The van der Waals surface area contributed by atoms with Crippen LogP contribution in [-0.4, -0.2) is 18.5 Å². The van der Waals surface area contributed by atoms with Crippen LogP contribution < -0.4 is 5.73 Å². The van der Waals surface area contributed by atoms with Crippen LogP contribution in [0.25, 0.3) is 0 Å². The van der Waals surface area contributed by atoms with Crippen molar-refractivity contribution in [3.8, 4) is 0 Å². The zero-order valence-corrected chi connectivity index (χ0v) is 8.73. The van der Waals surface area contributed by atoms with Crippen molar-refractivity contribution in [2.75, 3.05) is 6.61 Å². The smallest absolute Gasteiger partial charge is 0.404 e. The van der Waals surface area contributed by atoms with Gasteiger partial charge in [-0.3, -0.25) is 4.79 Å². The van der Waals surface area contributed by atoms with Crippen LogP contribution in [0.15, 0.2) is 12.2 Å². The normalized spacial score (nSPS) is 36.9. The summed E-state index contributed by atoms with van der Waals surface area (Å²) in [6.45, 7) is 1.70. The minimum Gasteiger partial charge on any atom is -0.449 e. The average Bonchev–Trinajstić information content (AvgIpc) is 2.74. The molecule has 0 aromatic heterocycles. The summed E-state index contributed by atoms with van der Waals surface area (Å²) < 4.78 is 4.83. The van der Waals surface area contributed by atoms with E-state index in [4.69, 9.17) is 10.5 Å². The first-order valence-corrected chi connectivity index (χ1v) is 5.16. The van der Waals surface area contributed by atoms with Crippen LogP contribution in [0.4, 0.5) is 4.79 Å². The van der Waals surface area contributed by atoms with Crippen molar-refractivity contribution in [1.29, 1.82) is 0 Å². The first-order chi connectivity index (χ1) is 7.04. The van der Waals surface area contributed by atoms with E-state index in [0.717, 1.165) is 12.8 Å². The molecule has 2 aliphatic carbocycles. The molecule has 0 spiro atoms. The molecule has 2 rings (SSSR count). The number of hydrogen-bond donors (Lipinski definition) is 1. The van der Waals surface area contributed by atoms with Gasteiger partial charge in [0, 0.05) is 0 Å². The van der Waals surface area contributed by atoms with Crippen LogP contribution in [0, 0.1) is 17.3 Å². The molecule has 82 valence electrons. The van der Waals surface area contributed by atoms with E-state index in [1.165, 1.54) is 0 Å². The maximum atomic E-state index is 11.7. The summed E-state index contributed by atoms with van der Waals surface area (Å²) >= 11 is 0. The maximum Gasteiger partial charge on any atom is 0.404 e. The van der Waals surface area contributed by atoms with Crippen molar-refractivity contribution in [2.45, 2.75) is 19.8 Å². The highest BCUT2D eigenvalue weighted by molar-refractivity contribution is 5.84. The van der Waals surface area contributed by atoms with E-state index in [2.05, 4.69) is 12.2 Å². The number of carbonyl (C=O) groups excluding carboxylic acids is 2. The topological polar surface area (TPSA) is 69.4 Å². The molecule has 2 N–H and O–H groups in total. The first kappa shape index (κ1) is 10.2. The van der Waals surface area contributed by atoms with Crippen LogP contribution in [0.2, 0.25) is 0 Å². The Balaban J connectivity index is 2.16. The number of fused-ring (bicyclic) bond motifs is 2. The van der Waals surface area contributed by atoms with Gasteiger partial charge in [0.2, 0.25) is 0 Å². The van der Waals surface area contributed by atoms with Crippen LogP contribution in [0.1, 0.15) is 19.8 Å². The zero-order valence-electron chi connectivity index (χ0n) is 8.73. The number of rotatable bonds is 3. The molecule has 0 aromatic carbocycles. The second-order valence-electron chi connectivity index (χ2n) is 4.51. The van der Waals surface area contributed by atoms with Crippen LogP contribution in [0.5, 0.6) is 0 Å². The lowest BCUT2D eigenvalue weighted by Gasteiger charge is -2.31. The van der Waals surface area contributed by atoms with Gasteiger partial charge in [-0.05, 0) is 31.6 Å². The monoisotopic (exact) mass is 209 g/mol. The molecule has 3 unspecified atom stereocenters. The standard InChI is InChI=1S/C11H15NO3/c1-7(13)11(6-15-10(12)14)5-8-2-3-9(11)4-8/h2-3,8-9H,4-6H2,1H3,(H2,12,14). The lowest BCUT2D eigenvalue weighted by molar-refractivity contribution is -0.130. The minimum atomic E-state index is -0.803. The van der Waals surface area contributed by atoms with Gasteiger partial charge in [-0.1, -0.05) is 12.2 Å². The van der Waals surface area contributed by atoms with Gasteiger partial charge in [0.05, 0.1) is 5.41 Å². The third-order valence-electron chi connectivity index (χ3n) is 3.68. The quantitative estimate of drug-likeness (QED) is 0.711. The SMILES string of the molecule is CC(=O)C1(COC(N)=O)CC2C=CC1C2. The highest BCUT2D eigenvalue weighted by Gasteiger charge is 2.52. The van der Waals surface area contributed by atoms with Crippen molar-refractivity contribution in [3.05, 3.63) is 12.2 Å². The molecule has 2 bridgehead atoms. The number of ketones is 1. The third-order valence-corrected chi connectivity index (χ3v) is 3.68. The maximum absolute atomic E-state index is 11.7. The molecule has 0 saturated heterocycles. The molecule has 0 heterocycles. The Morgan fingerprint density at radius 3 is 2.67 bits per heavy atom. The number of carbonyl (C=O) groups is 2. The van der Waals surface area contributed by atoms with E-state index in [-0.39, 0.29) is 18.3 Å². The molecule has 0 aromatic rings. The van der Waals surface area contributed by atoms with E-state index in [1.807, 2.05) is 0 Å². The molecule has 4 heteroatoms. The van der Waals surface area contributed by atoms with Gasteiger partial charge in [-0.2, -0.15) is 0 Å². The second-order valence-corrected chi connectivity index (χ2v) is 4.51. The Bertz CT molecular complexity index is 337. The summed E-state index contributed by atoms with van der Waals surface area (Å²) in [4.78, 5) is 22.3. The van der Waals surface area contributed by atoms with E-state index in [0.29, 0.717) is 5.92 Å². The summed E-state index contributed by atoms with van der Waals surface area (Å²) in [5.41, 5.74) is 4.43. The zero-order chi connectivity index (χ0) is 11.1. The third kappa shape index (κ3) is 1.54. The van der Waals surface area contributed by atoms with Crippen molar-refractivity contribution < 1.29 is 14.3 Å². The molecule has 0 aliphatic heterocycles. The number of primary amides is 1. The Hall–Kier alpha value is -1.32. The number of allylic oxidation sites excluding steroid dienone is 2. The van der Waals surface area contributed by atoms with Crippen molar-refractivity contribution in [3.63, 3.8) is 0 Å². The van der Waals surface area contributed by atoms with E-state index >= 15 is 0 Å². The predicted molar refractivity (Wildman–Crippen MR) is 54.0 cm³/mol. The van der Waals surface area contributed by atoms with E-state index < -0.39 is 11.5 Å². The number of amides is 1.